The summed E-state index contributed by atoms with van der Waals surface area (Å²) in [6, 6.07) is 13.6. The van der Waals surface area contributed by atoms with Crippen LogP contribution in [0.2, 0.25) is 0 Å². The lowest BCUT2D eigenvalue weighted by atomic mass is 10.1. The van der Waals surface area contributed by atoms with Crippen molar-refractivity contribution in [2.24, 2.45) is 0 Å². The molecule has 0 unspecified atom stereocenters. The second-order valence-corrected chi connectivity index (χ2v) is 11.0. The Bertz CT molecular complexity index is 1460. The molecule has 4 rings (SSSR count). The third kappa shape index (κ3) is 6.54. The molecule has 0 aliphatic rings. The van der Waals surface area contributed by atoms with Crippen molar-refractivity contribution in [1.82, 2.24) is 30.3 Å². The number of thioether (sulfide) groups is 2. The van der Waals surface area contributed by atoms with Crippen LogP contribution in [-0.4, -0.2) is 53.2 Å². The van der Waals surface area contributed by atoms with Gasteiger partial charge in [-0.25, -0.2) is 0 Å². The van der Waals surface area contributed by atoms with Gasteiger partial charge in [0.2, 0.25) is 11.0 Å². The Balaban J connectivity index is 1.48. The summed E-state index contributed by atoms with van der Waals surface area (Å²) in [6.07, 6.45) is 0. The number of carbonyl (C=O) groups is 2. The van der Waals surface area contributed by atoms with Crippen LogP contribution < -0.4 is 10.6 Å². The number of amides is 2. The zero-order chi connectivity index (χ0) is 27.1. The van der Waals surface area contributed by atoms with Crippen molar-refractivity contribution in [3.05, 3.63) is 75.6 Å². The topological polar surface area (TPSA) is 158 Å². The fraction of sp³-hybridized carbons (Fsp3) is 0.217. The SMILES string of the molecule is CCSc1nnc(NC(=O)CSc2nnc(CNC(=O)c3cccc([N+](=O)[O-])c3C)n2-c2ccccc2)s1. The maximum absolute atomic E-state index is 12.8. The largest absolute Gasteiger partial charge is 0.345 e. The average Bonchev–Trinajstić information content (AvgIpc) is 3.53. The maximum atomic E-state index is 12.8. The van der Waals surface area contributed by atoms with Crippen molar-refractivity contribution in [2.75, 3.05) is 16.8 Å². The number of carbonyl (C=O) groups excluding carboxylic acids is 2. The van der Waals surface area contributed by atoms with E-state index in [1.165, 1.54) is 48.2 Å². The number of anilines is 1. The van der Waals surface area contributed by atoms with Gasteiger partial charge in [-0.2, -0.15) is 0 Å². The first kappa shape index (κ1) is 27.2. The monoisotopic (exact) mass is 570 g/mol. The van der Waals surface area contributed by atoms with Gasteiger partial charge >= 0.3 is 0 Å². The van der Waals surface area contributed by atoms with E-state index >= 15 is 0 Å². The number of nitrogens with zero attached hydrogens (tertiary/aromatic N) is 6. The third-order valence-corrected chi connectivity index (χ3v) is 7.90. The molecule has 0 atom stereocenters. The summed E-state index contributed by atoms with van der Waals surface area (Å²) >= 11 is 4.05. The van der Waals surface area contributed by atoms with E-state index in [9.17, 15) is 19.7 Å². The summed E-state index contributed by atoms with van der Waals surface area (Å²) in [5, 5.41) is 34.1. The highest BCUT2D eigenvalue weighted by Gasteiger charge is 2.20. The van der Waals surface area contributed by atoms with Crippen LogP contribution in [0.25, 0.3) is 5.69 Å². The summed E-state index contributed by atoms with van der Waals surface area (Å²) in [5.41, 5.74) is 1.10. The summed E-state index contributed by atoms with van der Waals surface area (Å²) in [5.74, 6) is 0.611. The Morgan fingerprint density at radius 2 is 1.84 bits per heavy atom. The van der Waals surface area contributed by atoms with E-state index in [1.54, 1.807) is 16.3 Å². The number of rotatable bonds is 11. The molecule has 38 heavy (non-hydrogen) atoms. The Labute approximate surface area is 229 Å². The lowest BCUT2D eigenvalue weighted by molar-refractivity contribution is -0.385. The normalized spacial score (nSPS) is 10.8. The first-order valence-electron chi connectivity index (χ1n) is 11.3. The minimum atomic E-state index is -0.522. The lowest BCUT2D eigenvalue weighted by Crippen LogP contribution is -2.25. The van der Waals surface area contributed by atoms with Gasteiger partial charge in [-0.1, -0.05) is 66.0 Å². The highest BCUT2D eigenvalue weighted by atomic mass is 32.2. The second kappa shape index (κ2) is 12.6. The van der Waals surface area contributed by atoms with E-state index < -0.39 is 10.8 Å². The average molecular weight is 571 g/mol. The molecule has 0 aliphatic carbocycles. The van der Waals surface area contributed by atoms with Gasteiger partial charge in [0.15, 0.2) is 15.3 Å². The molecule has 0 saturated heterocycles. The van der Waals surface area contributed by atoms with Gasteiger partial charge in [0.05, 0.1) is 17.2 Å². The molecule has 0 spiro atoms. The van der Waals surface area contributed by atoms with Gasteiger partial charge in [0, 0.05) is 22.9 Å². The molecule has 2 amide bonds. The Morgan fingerprint density at radius 3 is 2.58 bits per heavy atom. The fourth-order valence-corrected chi connectivity index (χ4v) is 5.83. The van der Waals surface area contributed by atoms with Gasteiger partial charge in [-0.3, -0.25) is 29.6 Å². The van der Waals surface area contributed by atoms with Crippen molar-refractivity contribution in [2.45, 2.75) is 29.9 Å². The summed E-state index contributed by atoms with van der Waals surface area (Å²) in [7, 11) is 0. The molecule has 2 heterocycles. The summed E-state index contributed by atoms with van der Waals surface area (Å²) in [6.45, 7) is 3.56. The van der Waals surface area contributed by atoms with Crippen LogP contribution in [-0.2, 0) is 11.3 Å². The zero-order valence-corrected chi connectivity index (χ0v) is 22.7. The number of benzene rings is 2. The Hall–Kier alpha value is -3.82. The minimum absolute atomic E-state index is 0.0122. The van der Waals surface area contributed by atoms with Crippen LogP contribution in [0, 0.1) is 17.0 Å². The molecule has 0 bridgehead atoms. The molecule has 2 N–H and O–H groups in total. The van der Waals surface area contributed by atoms with E-state index in [0.717, 1.165) is 15.8 Å². The molecule has 2 aromatic carbocycles. The van der Waals surface area contributed by atoms with E-state index in [0.29, 0.717) is 16.1 Å². The Morgan fingerprint density at radius 1 is 1.05 bits per heavy atom. The van der Waals surface area contributed by atoms with Gasteiger partial charge in [0.25, 0.3) is 11.6 Å². The van der Waals surface area contributed by atoms with Gasteiger partial charge < -0.3 is 5.32 Å². The van der Waals surface area contributed by atoms with Crippen LogP contribution >= 0.6 is 34.9 Å². The van der Waals surface area contributed by atoms with Crippen LogP contribution in [0.5, 0.6) is 0 Å². The third-order valence-electron chi connectivity index (χ3n) is 5.12. The van der Waals surface area contributed by atoms with Crippen molar-refractivity contribution < 1.29 is 14.5 Å². The Kier molecular flexibility index (Phi) is 9.04. The lowest BCUT2D eigenvalue weighted by Gasteiger charge is -2.11. The van der Waals surface area contributed by atoms with Crippen LogP contribution in [0.3, 0.4) is 0 Å². The van der Waals surface area contributed by atoms with E-state index in [2.05, 4.69) is 31.0 Å². The van der Waals surface area contributed by atoms with E-state index in [1.807, 2.05) is 37.3 Å². The zero-order valence-electron chi connectivity index (χ0n) is 20.3. The molecule has 0 fully saturated rings. The van der Waals surface area contributed by atoms with Crippen LogP contribution in [0.4, 0.5) is 10.8 Å². The predicted molar refractivity (Wildman–Crippen MR) is 146 cm³/mol. The standard InChI is InChI=1S/C23H22N8O4S3/c1-3-36-23-29-27-21(38-23)25-19(32)13-37-22-28-26-18(30(22)15-8-5-4-6-9-15)12-24-20(33)16-10-7-11-17(14(16)2)31(34)35/h4-11H,3,12-13H2,1-2H3,(H,24,33)(H,25,27,32). The van der Waals surface area contributed by atoms with E-state index in [4.69, 9.17) is 0 Å². The van der Waals surface area contributed by atoms with Crippen LogP contribution in [0.1, 0.15) is 28.7 Å². The first-order chi connectivity index (χ1) is 18.4. The molecule has 4 aromatic rings. The van der Waals surface area contributed by atoms with Crippen molar-refractivity contribution in [3.8, 4) is 5.69 Å². The highest BCUT2D eigenvalue weighted by molar-refractivity contribution is 8.01. The maximum Gasteiger partial charge on any atom is 0.273 e. The predicted octanol–water partition coefficient (Wildman–Crippen LogP) is 4.11. The molecule has 2 aromatic heterocycles. The van der Waals surface area contributed by atoms with Crippen molar-refractivity contribution in [1.29, 1.82) is 0 Å². The number of aromatic nitrogens is 5. The molecular weight excluding hydrogens is 549 g/mol. The fourth-order valence-electron chi connectivity index (χ4n) is 3.39. The van der Waals surface area contributed by atoms with Crippen molar-refractivity contribution in [3.63, 3.8) is 0 Å². The number of nitro groups is 1. The highest BCUT2D eigenvalue weighted by Crippen LogP contribution is 2.26. The molecule has 12 nitrogen and oxygen atoms in total. The van der Waals surface area contributed by atoms with Crippen molar-refractivity contribution >= 4 is 57.5 Å². The van der Waals surface area contributed by atoms with E-state index in [-0.39, 0.29) is 35.0 Å². The molecular formula is C23H22N8O4S3. The second-order valence-electron chi connectivity index (χ2n) is 7.60. The molecule has 15 heteroatoms. The first-order valence-corrected chi connectivity index (χ1v) is 14.1. The minimum Gasteiger partial charge on any atom is -0.345 e. The van der Waals surface area contributed by atoms with Crippen LogP contribution in [0.15, 0.2) is 58.0 Å². The van der Waals surface area contributed by atoms with Gasteiger partial charge in [-0.05, 0) is 30.9 Å². The number of hydrogen-bond donors (Lipinski definition) is 2. The summed E-state index contributed by atoms with van der Waals surface area (Å²) < 4.78 is 2.53. The number of nitro benzene ring substituents is 1. The number of nitrogens with one attached hydrogen (secondary N) is 2. The smallest absolute Gasteiger partial charge is 0.273 e. The molecule has 0 aliphatic heterocycles. The number of para-hydroxylation sites is 1. The summed E-state index contributed by atoms with van der Waals surface area (Å²) in [4.78, 5) is 36.1. The molecule has 0 saturated carbocycles. The molecule has 0 radical (unpaired) electrons. The quantitative estimate of drug-likeness (QED) is 0.116. The molecule has 196 valence electrons. The number of hydrogen-bond acceptors (Lipinski definition) is 11. The van der Waals surface area contributed by atoms with Gasteiger partial charge in [-0.15, -0.1) is 20.4 Å². The van der Waals surface area contributed by atoms with Gasteiger partial charge in [0.1, 0.15) is 0 Å².